The molecule has 138 valence electrons. The molecule has 2 heterocycles. The Morgan fingerprint density at radius 1 is 1.35 bits per heavy atom. The molecule has 2 aromatic rings. The number of amides is 2. The highest BCUT2D eigenvalue weighted by Crippen LogP contribution is 2.26. The minimum Gasteiger partial charge on any atom is -0.376 e. The van der Waals surface area contributed by atoms with E-state index in [9.17, 15) is 9.59 Å². The van der Waals surface area contributed by atoms with Crippen LogP contribution in [0.5, 0.6) is 0 Å². The van der Waals surface area contributed by atoms with Crippen LogP contribution in [-0.4, -0.2) is 47.0 Å². The van der Waals surface area contributed by atoms with Crippen molar-refractivity contribution in [1.29, 1.82) is 0 Å². The third kappa shape index (κ3) is 5.41. The second-order valence-electron chi connectivity index (χ2n) is 5.53. The second kappa shape index (κ2) is 9.31. The summed E-state index contributed by atoms with van der Waals surface area (Å²) in [6, 6.07) is 6.76. The van der Waals surface area contributed by atoms with Crippen LogP contribution in [0.3, 0.4) is 0 Å². The summed E-state index contributed by atoms with van der Waals surface area (Å²) in [5.74, 6) is -0.195. The number of halogens is 1. The third-order valence-corrected chi connectivity index (χ3v) is 5.92. The lowest BCUT2D eigenvalue weighted by Gasteiger charge is -2.09. The first-order valence-electron chi connectivity index (χ1n) is 8.02. The lowest BCUT2D eigenvalue weighted by atomic mass is 10.2. The molecule has 0 radical (unpaired) electrons. The number of ether oxygens (including phenoxy) is 1. The van der Waals surface area contributed by atoms with Gasteiger partial charge in [-0.25, -0.2) is 0 Å². The van der Waals surface area contributed by atoms with E-state index in [0.717, 1.165) is 19.4 Å². The predicted molar refractivity (Wildman–Crippen MR) is 102 cm³/mol. The first-order valence-corrected chi connectivity index (χ1v) is 10.2. The predicted octanol–water partition coefficient (Wildman–Crippen LogP) is 2.83. The molecule has 2 N–H and O–H groups in total. The highest BCUT2D eigenvalue weighted by Gasteiger charge is 2.17. The average molecular weight is 413 g/mol. The van der Waals surface area contributed by atoms with Crippen molar-refractivity contribution in [2.45, 2.75) is 23.3 Å². The fourth-order valence-corrected chi connectivity index (χ4v) is 4.14. The molecule has 0 spiro atoms. The Labute approximate surface area is 163 Å². The number of hydrogen-bond acceptors (Lipinski definition) is 7. The van der Waals surface area contributed by atoms with E-state index in [2.05, 4.69) is 20.8 Å². The van der Waals surface area contributed by atoms with Crippen molar-refractivity contribution in [2.75, 3.05) is 24.2 Å². The van der Waals surface area contributed by atoms with E-state index in [1.165, 1.54) is 23.1 Å². The zero-order valence-corrected chi connectivity index (χ0v) is 16.1. The van der Waals surface area contributed by atoms with Gasteiger partial charge in [0.05, 0.1) is 22.4 Å². The van der Waals surface area contributed by atoms with Gasteiger partial charge in [-0.05, 0) is 25.0 Å². The first kappa shape index (κ1) is 19.1. The number of aromatic nitrogens is 2. The van der Waals surface area contributed by atoms with E-state index in [4.69, 9.17) is 16.3 Å². The summed E-state index contributed by atoms with van der Waals surface area (Å²) in [6.45, 7) is 1.30. The van der Waals surface area contributed by atoms with Crippen LogP contribution < -0.4 is 10.6 Å². The molecule has 1 atom stereocenters. The molecule has 1 aromatic carbocycles. The molecule has 0 bridgehead atoms. The molecule has 1 saturated heterocycles. The van der Waals surface area contributed by atoms with Crippen LogP contribution in [0.4, 0.5) is 5.13 Å². The fourth-order valence-electron chi connectivity index (χ4n) is 2.34. The van der Waals surface area contributed by atoms with Gasteiger partial charge in [0.15, 0.2) is 4.34 Å². The smallest absolute Gasteiger partial charge is 0.259 e. The zero-order valence-electron chi connectivity index (χ0n) is 13.7. The van der Waals surface area contributed by atoms with Crippen LogP contribution >= 0.6 is 34.7 Å². The highest BCUT2D eigenvalue weighted by atomic mass is 35.5. The number of nitrogens with zero attached hydrogens (tertiary/aromatic N) is 2. The summed E-state index contributed by atoms with van der Waals surface area (Å²) in [7, 11) is 0. The van der Waals surface area contributed by atoms with Crippen molar-refractivity contribution in [3.63, 3.8) is 0 Å². The Kier molecular flexibility index (Phi) is 6.84. The van der Waals surface area contributed by atoms with E-state index < -0.39 is 0 Å². The van der Waals surface area contributed by atoms with E-state index in [0.29, 0.717) is 26.6 Å². The van der Waals surface area contributed by atoms with Crippen LogP contribution in [-0.2, 0) is 9.53 Å². The molecule has 1 aliphatic rings. The molecule has 2 amide bonds. The number of nitrogens with one attached hydrogen (secondary N) is 2. The molecule has 26 heavy (non-hydrogen) atoms. The van der Waals surface area contributed by atoms with E-state index in [-0.39, 0.29) is 23.7 Å². The van der Waals surface area contributed by atoms with Gasteiger partial charge in [-0.2, -0.15) is 0 Å². The number of anilines is 1. The number of thioether (sulfide) groups is 1. The largest absolute Gasteiger partial charge is 0.376 e. The van der Waals surface area contributed by atoms with Gasteiger partial charge in [0.1, 0.15) is 0 Å². The van der Waals surface area contributed by atoms with Gasteiger partial charge < -0.3 is 10.1 Å². The van der Waals surface area contributed by atoms with Gasteiger partial charge in [-0.1, -0.05) is 46.8 Å². The summed E-state index contributed by atoms with van der Waals surface area (Å²) < 4.78 is 6.06. The number of carbonyl (C=O) groups is 2. The lowest BCUT2D eigenvalue weighted by molar-refractivity contribution is -0.119. The van der Waals surface area contributed by atoms with Crippen molar-refractivity contribution in [3.8, 4) is 0 Å². The van der Waals surface area contributed by atoms with Gasteiger partial charge in [0.25, 0.3) is 5.91 Å². The van der Waals surface area contributed by atoms with Crippen LogP contribution in [0, 0.1) is 0 Å². The van der Waals surface area contributed by atoms with E-state index >= 15 is 0 Å². The van der Waals surface area contributed by atoms with Crippen molar-refractivity contribution >= 4 is 51.6 Å². The van der Waals surface area contributed by atoms with Crippen LogP contribution in [0.25, 0.3) is 0 Å². The van der Waals surface area contributed by atoms with E-state index in [1.807, 2.05) is 0 Å². The van der Waals surface area contributed by atoms with Crippen molar-refractivity contribution in [3.05, 3.63) is 34.9 Å². The number of rotatable bonds is 7. The Morgan fingerprint density at radius 3 is 2.96 bits per heavy atom. The highest BCUT2D eigenvalue weighted by molar-refractivity contribution is 8.01. The minimum absolute atomic E-state index is 0.0812. The van der Waals surface area contributed by atoms with Crippen LogP contribution in [0.1, 0.15) is 23.2 Å². The van der Waals surface area contributed by atoms with Crippen LogP contribution in [0.15, 0.2) is 28.6 Å². The molecule has 1 aliphatic heterocycles. The summed E-state index contributed by atoms with van der Waals surface area (Å²) in [4.78, 5) is 24.0. The molecule has 0 aliphatic carbocycles. The summed E-state index contributed by atoms with van der Waals surface area (Å²) in [5.41, 5.74) is 0.368. The third-order valence-electron chi connectivity index (χ3n) is 3.62. The molecular weight excluding hydrogens is 396 g/mol. The monoisotopic (exact) mass is 412 g/mol. The van der Waals surface area contributed by atoms with Crippen molar-refractivity contribution in [1.82, 2.24) is 15.5 Å². The van der Waals surface area contributed by atoms with Gasteiger partial charge in [-0.15, -0.1) is 10.2 Å². The van der Waals surface area contributed by atoms with Crippen LogP contribution in [0.2, 0.25) is 5.02 Å². The normalized spacial score (nSPS) is 16.4. The van der Waals surface area contributed by atoms with E-state index in [1.54, 1.807) is 24.3 Å². The first-order chi connectivity index (χ1) is 12.6. The SMILES string of the molecule is O=C(CSc1nnc(NC(=O)c2ccccc2Cl)s1)NCC1CCCO1. The Hall–Kier alpha value is -1.68. The minimum atomic E-state index is -0.349. The van der Waals surface area contributed by atoms with Gasteiger partial charge in [0.2, 0.25) is 11.0 Å². The van der Waals surface area contributed by atoms with Crippen molar-refractivity contribution in [2.24, 2.45) is 0 Å². The Balaban J connectivity index is 1.44. The summed E-state index contributed by atoms with van der Waals surface area (Å²) in [6.07, 6.45) is 2.15. The molecule has 1 fully saturated rings. The van der Waals surface area contributed by atoms with Crippen molar-refractivity contribution < 1.29 is 14.3 Å². The van der Waals surface area contributed by atoms with Gasteiger partial charge in [-0.3, -0.25) is 14.9 Å². The van der Waals surface area contributed by atoms with Gasteiger partial charge in [0, 0.05) is 13.2 Å². The average Bonchev–Trinajstić information content (AvgIpc) is 3.30. The fraction of sp³-hybridized carbons (Fsp3) is 0.375. The van der Waals surface area contributed by atoms with Gasteiger partial charge >= 0.3 is 0 Å². The lowest BCUT2D eigenvalue weighted by Crippen LogP contribution is -2.32. The molecule has 7 nitrogen and oxygen atoms in total. The molecule has 10 heteroatoms. The second-order valence-corrected chi connectivity index (χ2v) is 8.14. The summed E-state index contributed by atoms with van der Waals surface area (Å²) in [5, 5.41) is 14.1. The quantitative estimate of drug-likeness (QED) is 0.536. The maximum absolute atomic E-state index is 12.2. The molecule has 3 rings (SSSR count). The standard InChI is InChI=1S/C16H17ClN4O3S2/c17-12-6-2-1-5-11(12)14(23)19-15-20-21-16(26-15)25-9-13(22)18-8-10-4-3-7-24-10/h1-2,5-6,10H,3-4,7-9H2,(H,18,22)(H,19,20,23). The molecule has 1 unspecified atom stereocenters. The number of hydrogen-bond donors (Lipinski definition) is 2. The molecule has 1 aromatic heterocycles. The zero-order chi connectivity index (χ0) is 18.4. The maximum atomic E-state index is 12.2. The molecule has 0 saturated carbocycles. The molecular formula is C16H17ClN4O3S2. The maximum Gasteiger partial charge on any atom is 0.259 e. The Morgan fingerprint density at radius 2 is 2.19 bits per heavy atom. The topological polar surface area (TPSA) is 93.2 Å². The Bertz CT molecular complexity index is 780. The number of benzene rings is 1. The number of carbonyl (C=O) groups excluding carboxylic acids is 2. The summed E-state index contributed by atoms with van der Waals surface area (Å²) >= 11 is 8.48.